The number of aromatic nitrogens is 2. The average Bonchev–Trinajstić information content (AvgIpc) is 3.01. The van der Waals surface area contributed by atoms with Crippen LogP contribution in [0, 0.1) is 0 Å². The lowest BCUT2D eigenvalue weighted by atomic mass is 10.2. The minimum absolute atomic E-state index is 0.960. The molecule has 0 aliphatic carbocycles. The number of benzene rings is 1. The SMILES string of the molecule is c1ccc(-c2cn(-c3ccoc3)cn2)cc1. The van der Waals surface area contributed by atoms with E-state index in [1.165, 1.54) is 0 Å². The Labute approximate surface area is 93.0 Å². The van der Waals surface area contributed by atoms with Crippen molar-refractivity contribution in [2.75, 3.05) is 0 Å². The van der Waals surface area contributed by atoms with E-state index in [-0.39, 0.29) is 0 Å². The molecule has 3 rings (SSSR count). The molecule has 0 radical (unpaired) electrons. The molecular weight excluding hydrogens is 200 g/mol. The number of imidazole rings is 1. The summed E-state index contributed by atoms with van der Waals surface area (Å²) in [5.41, 5.74) is 3.06. The molecule has 0 unspecified atom stereocenters. The van der Waals surface area contributed by atoms with Gasteiger partial charge < -0.3 is 8.98 Å². The van der Waals surface area contributed by atoms with Crippen molar-refractivity contribution in [1.29, 1.82) is 0 Å². The van der Waals surface area contributed by atoms with Gasteiger partial charge in [-0.2, -0.15) is 0 Å². The van der Waals surface area contributed by atoms with E-state index in [1.807, 2.05) is 47.2 Å². The minimum Gasteiger partial charge on any atom is -0.470 e. The van der Waals surface area contributed by atoms with E-state index in [2.05, 4.69) is 4.98 Å². The zero-order valence-corrected chi connectivity index (χ0v) is 8.58. The number of rotatable bonds is 2. The normalized spacial score (nSPS) is 10.5. The van der Waals surface area contributed by atoms with Crippen LogP contribution in [-0.2, 0) is 0 Å². The van der Waals surface area contributed by atoms with Crippen molar-refractivity contribution >= 4 is 0 Å². The summed E-state index contributed by atoms with van der Waals surface area (Å²) < 4.78 is 6.97. The monoisotopic (exact) mass is 210 g/mol. The molecule has 0 saturated carbocycles. The van der Waals surface area contributed by atoms with Gasteiger partial charge in [0.25, 0.3) is 0 Å². The van der Waals surface area contributed by atoms with Crippen molar-refractivity contribution in [1.82, 2.24) is 9.55 Å². The highest BCUT2D eigenvalue weighted by Crippen LogP contribution is 2.18. The molecule has 2 heterocycles. The van der Waals surface area contributed by atoms with Crippen molar-refractivity contribution in [3.63, 3.8) is 0 Å². The molecule has 0 N–H and O–H groups in total. The highest BCUT2D eigenvalue weighted by Gasteiger charge is 2.03. The van der Waals surface area contributed by atoms with Crippen molar-refractivity contribution in [2.45, 2.75) is 0 Å². The van der Waals surface area contributed by atoms with Crippen LogP contribution in [0.15, 0.2) is 65.9 Å². The fraction of sp³-hybridized carbons (Fsp3) is 0. The number of furan rings is 1. The second kappa shape index (κ2) is 3.70. The first-order valence-electron chi connectivity index (χ1n) is 5.05. The summed E-state index contributed by atoms with van der Waals surface area (Å²) >= 11 is 0. The third-order valence-corrected chi connectivity index (χ3v) is 2.46. The second-order valence-electron chi connectivity index (χ2n) is 3.51. The summed E-state index contributed by atoms with van der Waals surface area (Å²) in [7, 11) is 0. The van der Waals surface area contributed by atoms with E-state index in [1.54, 1.807) is 18.9 Å². The van der Waals surface area contributed by atoms with Gasteiger partial charge in [0.2, 0.25) is 0 Å². The predicted molar refractivity (Wildman–Crippen MR) is 61.3 cm³/mol. The van der Waals surface area contributed by atoms with Crippen molar-refractivity contribution in [3.8, 4) is 16.9 Å². The third-order valence-electron chi connectivity index (χ3n) is 2.46. The molecule has 0 fully saturated rings. The molecule has 1 aromatic carbocycles. The van der Waals surface area contributed by atoms with Gasteiger partial charge in [-0.05, 0) is 0 Å². The summed E-state index contributed by atoms with van der Waals surface area (Å²) in [6.45, 7) is 0. The summed E-state index contributed by atoms with van der Waals surface area (Å²) in [6, 6.07) is 12.0. The van der Waals surface area contributed by atoms with Crippen LogP contribution < -0.4 is 0 Å². The second-order valence-corrected chi connectivity index (χ2v) is 3.51. The summed E-state index contributed by atoms with van der Waals surface area (Å²) in [5, 5.41) is 0. The molecule has 0 amide bonds. The highest BCUT2D eigenvalue weighted by molar-refractivity contribution is 5.58. The van der Waals surface area contributed by atoms with Crippen molar-refractivity contribution < 1.29 is 4.42 Å². The summed E-state index contributed by atoms with van der Waals surface area (Å²) in [6.07, 6.45) is 7.11. The Morgan fingerprint density at radius 1 is 1.06 bits per heavy atom. The Kier molecular flexibility index (Phi) is 2.07. The highest BCUT2D eigenvalue weighted by atomic mass is 16.3. The van der Waals surface area contributed by atoms with E-state index in [0.29, 0.717) is 0 Å². The molecule has 3 nitrogen and oxygen atoms in total. The Hall–Kier alpha value is -2.29. The molecule has 3 heteroatoms. The first-order chi connectivity index (χ1) is 7.93. The Morgan fingerprint density at radius 2 is 1.94 bits per heavy atom. The van der Waals surface area contributed by atoms with Gasteiger partial charge in [-0.3, -0.25) is 0 Å². The van der Waals surface area contributed by atoms with Crippen LogP contribution >= 0.6 is 0 Å². The van der Waals surface area contributed by atoms with Gasteiger partial charge in [-0.1, -0.05) is 30.3 Å². The molecule has 2 aromatic heterocycles. The van der Waals surface area contributed by atoms with E-state index in [0.717, 1.165) is 16.9 Å². The zero-order chi connectivity index (χ0) is 10.8. The quantitative estimate of drug-likeness (QED) is 0.650. The number of hydrogen-bond acceptors (Lipinski definition) is 2. The molecule has 0 bridgehead atoms. The van der Waals surface area contributed by atoms with Crippen LogP contribution in [0.5, 0.6) is 0 Å². The van der Waals surface area contributed by atoms with Crippen molar-refractivity contribution in [2.24, 2.45) is 0 Å². The van der Waals surface area contributed by atoms with Gasteiger partial charge in [-0.15, -0.1) is 0 Å². The molecule has 3 aromatic rings. The maximum absolute atomic E-state index is 5.04. The number of nitrogens with zero attached hydrogens (tertiary/aromatic N) is 2. The fourth-order valence-electron chi connectivity index (χ4n) is 1.63. The van der Waals surface area contributed by atoms with Crippen LogP contribution in [0.1, 0.15) is 0 Å². The molecule has 0 spiro atoms. The van der Waals surface area contributed by atoms with Gasteiger partial charge in [0.05, 0.1) is 17.6 Å². The first-order valence-corrected chi connectivity index (χ1v) is 5.05. The lowest BCUT2D eigenvalue weighted by molar-refractivity contribution is 0.565. The van der Waals surface area contributed by atoms with Crippen LogP contribution in [0.2, 0.25) is 0 Å². The lowest BCUT2D eigenvalue weighted by Gasteiger charge is -1.95. The standard InChI is InChI=1S/C13H10N2O/c1-2-4-11(5-3-1)13-8-15(10-14-13)12-6-7-16-9-12/h1-10H. The smallest absolute Gasteiger partial charge is 0.114 e. The average molecular weight is 210 g/mol. The van der Waals surface area contributed by atoms with Crippen LogP contribution in [-0.4, -0.2) is 9.55 Å². The Morgan fingerprint density at radius 3 is 2.69 bits per heavy atom. The van der Waals surface area contributed by atoms with Gasteiger partial charge in [0, 0.05) is 17.8 Å². The van der Waals surface area contributed by atoms with E-state index in [4.69, 9.17) is 4.42 Å². The summed E-state index contributed by atoms with van der Waals surface area (Å²) in [5.74, 6) is 0. The Balaban J connectivity index is 2.00. The van der Waals surface area contributed by atoms with Crippen LogP contribution in [0.25, 0.3) is 16.9 Å². The topological polar surface area (TPSA) is 31.0 Å². The summed E-state index contributed by atoms with van der Waals surface area (Å²) in [4.78, 5) is 4.36. The van der Waals surface area contributed by atoms with Gasteiger partial charge in [-0.25, -0.2) is 4.98 Å². The van der Waals surface area contributed by atoms with E-state index < -0.39 is 0 Å². The van der Waals surface area contributed by atoms with Gasteiger partial charge in [0.1, 0.15) is 12.6 Å². The third kappa shape index (κ3) is 1.52. The molecule has 0 aliphatic heterocycles. The largest absolute Gasteiger partial charge is 0.470 e. The maximum atomic E-state index is 5.04. The molecule has 16 heavy (non-hydrogen) atoms. The maximum Gasteiger partial charge on any atom is 0.114 e. The molecule has 0 aliphatic rings. The molecule has 78 valence electrons. The van der Waals surface area contributed by atoms with Gasteiger partial charge in [0.15, 0.2) is 0 Å². The minimum atomic E-state index is 0.960. The van der Waals surface area contributed by atoms with Crippen LogP contribution in [0.3, 0.4) is 0 Å². The number of hydrogen-bond donors (Lipinski definition) is 0. The lowest BCUT2D eigenvalue weighted by Crippen LogP contribution is -1.84. The fourth-order valence-corrected chi connectivity index (χ4v) is 1.63. The zero-order valence-electron chi connectivity index (χ0n) is 8.58. The molecule has 0 atom stereocenters. The first kappa shape index (κ1) is 8.97. The van der Waals surface area contributed by atoms with Gasteiger partial charge >= 0.3 is 0 Å². The van der Waals surface area contributed by atoms with E-state index >= 15 is 0 Å². The molecular formula is C13H10N2O. The Bertz CT molecular complexity index is 567. The van der Waals surface area contributed by atoms with Crippen LogP contribution in [0.4, 0.5) is 0 Å². The molecule has 0 saturated heterocycles. The van der Waals surface area contributed by atoms with Crippen molar-refractivity contribution in [3.05, 3.63) is 61.4 Å². The predicted octanol–water partition coefficient (Wildman–Crippen LogP) is 3.13. The van der Waals surface area contributed by atoms with E-state index in [9.17, 15) is 0 Å².